The predicted octanol–water partition coefficient (Wildman–Crippen LogP) is 1.78. The summed E-state index contributed by atoms with van der Waals surface area (Å²) in [4.78, 5) is 8.49. The molecule has 1 unspecified atom stereocenters. The highest BCUT2D eigenvalue weighted by atomic mass is 15.3. The van der Waals surface area contributed by atoms with Crippen LogP contribution in [0.5, 0.6) is 0 Å². The van der Waals surface area contributed by atoms with E-state index in [0.29, 0.717) is 0 Å². The van der Waals surface area contributed by atoms with E-state index in [4.69, 9.17) is 0 Å². The van der Waals surface area contributed by atoms with E-state index in [0.717, 1.165) is 30.8 Å². The van der Waals surface area contributed by atoms with Crippen molar-refractivity contribution in [3.05, 3.63) is 42.2 Å². The lowest BCUT2D eigenvalue weighted by Gasteiger charge is -2.14. The summed E-state index contributed by atoms with van der Waals surface area (Å²) >= 11 is 0. The van der Waals surface area contributed by atoms with Gasteiger partial charge < -0.3 is 5.32 Å². The Morgan fingerprint density at radius 1 is 1.28 bits per heavy atom. The van der Waals surface area contributed by atoms with E-state index < -0.39 is 0 Å². The Hall–Kier alpha value is -1.75. The number of aryl methyl sites for hydroxylation is 1. The van der Waals surface area contributed by atoms with E-state index >= 15 is 0 Å². The second-order valence-corrected chi connectivity index (χ2v) is 4.16. The van der Waals surface area contributed by atoms with Gasteiger partial charge in [0.25, 0.3) is 0 Å². The molecule has 0 aliphatic heterocycles. The molecular weight excluding hydrogens is 226 g/mol. The molecule has 0 bridgehead atoms. The maximum Gasteiger partial charge on any atom is 0.0802 e. The normalized spacial score (nSPS) is 12.6. The van der Waals surface area contributed by atoms with Crippen molar-refractivity contribution in [3.8, 4) is 0 Å². The summed E-state index contributed by atoms with van der Waals surface area (Å²) in [6, 6.07) is 0.0642. The fourth-order valence-electron chi connectivity index (χ4n) is 1.94. The van der Waals surface area contributed by atoms with Crippen LogP contribution in [0.25, 0.3) is 0 Å². The molecule has 0 aliphatic rings. The molecule has 0 saturated carbocycles. The summed E-state index contributed by atoms with van der Waals surface area (Å²) in [5.74, 6) is 0. The zero-order valence-corrected chi connectivity index (χ0v) is 10.9. The zero-order chi connectivity index (χ0) is 12.8. The van der Waals surface area contributed by atoms with Gasteiger partial charge in [0.15, 0.2) is 0 Å². The minimum absolute atomic E-state index is 0.0642. The quantitative estimate of drug-likeness (QED) is 0.843. The average molecular weight is 245 g/mol. The van der Waals surface area contributed by atoms with Crippen LogP contribution in [0.2, 0.25) is 0 Å². The molecule has 2 heterocycles. The number of nitrogens with one attached hydrogen (secondary N) is 1. The number of rotatable bonds is 6. The standard InChI is InChI=1S/C13H19N5/c1-3-7-18-10-11(8-17-18)13(15-4-2)12-9-14-5-6-16-12/h5-6,8-10,13,15H,3-4,7H2,1-2H3. The van der Waals surface area contributed by atoms with Crippen molar-refractivity contribution >= 4 is 0 Å². The van der Waals surface area contributed by atoms with Gasteiger partial charge in [-0.3, -0.25) is 14.6 Å². The third-order valence-electron chi connectivity index (χ3n) is 2.73. The summed E-state index contributed by atoms with van der Waals surface area (Å²) in [7, 11) is 0. The van der Waals surface area contributed by atoms with Gasteiger partial charge in [0, 0.05) is 30.7 Å². The van der Waals surface area contributed by atoms with Crippen LogP contribution in [0.15, 0.2) is 31.0 Å². The van der Waals surface area contributed by atoms with Gasteiger partial charge in [-0.15, -0.1) is 0 Å². The van der Waals surface area contributed by atoms with Crippen LogP contribution in [0.3, 0.4) is 0 Å². The molecule has 18 heavy (non-hydrogen) atoms. The Morgan fingerprint density at radius 3 is 2.83 bits per heavy atom. The third kappa shape index (κ3) is 2.92. The Balaban J connectivity index is 2.23. The van der Waals surface area contributed by atoms with Crippen LogP contribution >= 0.6 is 0 Å². The number of hydrogen-bond acceptors (Lipinski definition) is 4. The monoisotopic (exact) mass is 245 g/mol. The van der Waals surface area contributed by atoms with Crippen molar-refractivity contribution in [2.45, 2.75) is 32.9 Å². The van der Waals surface area contributed by atoms with Crippen LogP contribution in [-0.2, 0) is 6.54 Å². The van der Waals surface area contributed by atoms with E-state index in [1.807, 2.05) is 10.9 Å². The highest BCUT2D eigenvalue weighted by molar-refractivity contribution is 5.21. The molecule has 0 aromatic carbocycles. The van der Waals surface area contributed by atoms with E-state index in [2.05, 4.69) is 40.4 Å². The van der Waals surface area contributed by atoms with E-state index in [9.17, 15) is 0 Å². The van der Waals surface area contributed by atoms with Gasteiger partial charge in [0.1, 0.15) is 0 Å². The van der Waals surface area contributed by atoms with Crippen molar-refractivity contribution in [3.63, 3.8) is 0 Å². The van der Waals surface area contributed by atoms with E-state index in [-0.39, 0.29) is 6.04 Å². The lowest BCUT2D eigenvalue weighted by molar-refractivity contribution is 0.593. The smallest absolute Gasteiger partial charge is 0.0802 e. The van der Waals surface area contributed by atoms with Crippen molar-refractivity contribution in [1.82, 2.24) is 25.1 Å². The van der Waals surface area contributed by atoms with Crippen LogP contribution in [0, 0.1) is 0 Å². The first-order valence-corrected chi connectivity index (χ1v) is 6.36. The number of nitrogens with zero attached hydrogens (tertiary/aromatic N) is 4. The van der Waals surface area contributed by atoms with Gasteiger partial charge in [-0.25, -0.2) is 0 Å². The largest absolute Gasteiger partial charge is 0.305 e. The van der Waals surface area contributed by atoms with E-state index in [1.165, 1.54) is 0 Å². The maximum atomic E-state index is 4.37. The summed E-state index contributed by atoms with van der Waals surface area (Å²) < 4.78 is 1.97. The fourth-order valence-corrected chi connectivity index (χ4v) is 1.94. The molecule has 0 radical (unpaired) electrons. The third-order valence-corrected chi connectivity index (χ3v) is 2.73. The van der Waals surface area contributed by atoms with Crippen molar-refractivity contribution in [2.75, 3.05) is 6.54 Å². The molecule has 5 heteroatoms. The molecule has 1 atom stereocenters. The Labute approximate surface area is 107 Å². The first kappa shape index (κ1) is 12.7. The Morgan fingerprint density at radius 2 is 2.17 bits per heavy atom. The second kappa shape index (κ2) is 6.26. The summed E-state index contributed by atoms with van der Waals surface area (Å²) in [6.07, 6.45) is 10.3. The number of hydrogen-bond donors (Lipinski definition) is 1. The highest BCUT2D eigenvalue weighted by Gasteiger charge is 2.16. The highest BCUT2D eigenvalue weighted by Crippen LogP contribution is 2.18. The molecule has 0 aliphatic carbocycles. The lowest BCUT2D eigenvalue weighted by atomic mass is 10.1. The summed E-state index contributed by atoms with van der Waals surface area (Å²) in [5, 5.41) is 7.78. The molecule has 2 aromatic heterocycles. The lowest BCUT2D eigenvalue weighted by Crippen LogP contribution is -2.22. The zero-order valence-electron chi connectivity index (χ0n) is 10.9. The molecule has 1 N–H and O–H groups in total. The average Bonchev–Trinajstić information content (AvgIpc) is 2.86. The molecular formula is C13H19N5. The van der Waals surface area contributed by atoms with E-state index in [1.54, 1.807) is 18.6 Å². The maximum absolute atomic E-state index is 4.37. The van der Waals surface area contributed by atoms with Crippen molar-refractivity contribution in [2.24, 2.45) is 0 Å². The molecule has 0 amide bonds. The molecule has 96 valence electrons. The van der Waals surface area contributed by atoms with Gasteiger partial charge in [-0.1, -0.05) is 13.8 Å². The van der Waals surface area contributed by atoms with Gasteiger partial charge in [-0.05, 0) is 13.0 Å². The molecule has 0 spiro atoms. The van der Waals surface area contributed by atoms with Crippen LogP contribution < -0.4 is 5.32 Å². The first-order valence-electron chi connectivity index (χ1n) is 6.36. The fraction of sp³-hybridized carbons (Fsp3) is 0.462. The van der Waals surface area contributed by atoms with Crippen LogP contribution in [0.4, 0.5) is 0 Å². The van der Waals surface area contributed by atoms with Crippen molar-refractivity contribution in [1.29, 1.82) is 0 Å². The minimum atomic E-state index is 0.0642. The second-order valence-electron chi connectivity index (χ2n) is 4.16. The van der Waals surface area contributed by atoms with Gasteiger partial charge in [0.2, 0.25) is 0 Å². The SMILES string of the molecule is CCCn1cc(C(NCC)c2cnccn2)cn1. The molecule has 5 nitrogen and oxygen atoms in total. The van der Waals surface area contributed by atoms with Gasteiger partial charge in [0.05, 0.1) is 24.1 Å². The molecule has 2 rings (SSSR count). The minimum Gasteiger partial charge on any atom is -0.305 e. The van der Waals surface area contributed by atoms with Gasteiger partial charge in [-0.2, -0.15) is 5.10 Å². The van der Waals surface area contributed by atoms with Crippen LogP contribution in [0.1, 0.15) is 37.6 Å². The summed E-state index contributed by atoms with van der Waals surface area (Å²) in [6.45, 7) is 6.05. The predicted molar refractivity (Wildman–Crippen MR) is 70.1 cm³/mol. The topological polar surface area (TPSA) is 55.6 Å². The molecule has 0 fully saturated rings. The van der Waals surface area contributed by atoms with Crippen LogP contribution in [-0.4, -0.2) is 26.3 Å². The number of aromatic nitrogens is 4. The summed E-state index contributed by atoms with van der Waals surface area (Å²) in [5.41, 5.74) is 2.06. The molecule has 2 aromatic rings. The Bertz CT molecular complexity index is 465. The van der Waals surface area contributed by atoms with Crippen molar-refractivity contribution < 1.29 is 0 Å². The Kier molecular flexibility index (Phi) is 4.41. The first-order chi connectivity index (χ1) is 8.85. The van der Waals surface area contributed by atoms with Gasteiger partial charge >= 0.3 is 0 Å². The molecule has 0 saturated heterocycles.